The van der Waals surface area contributed by atoms with Crippen molar-refractivity contribution in [3.63, 3.8) is 0 Å². The molecular weight excluding hydrogens is 618 g/mol. The van der Waals surface area contributed by atoms with Crippen molar-refractivity contribution in [2.45, 2.75) is 55.3 Å². The summed E-state index contributed by atoms with van der Waals surface area (Å²) >= 11 is 8.70. The third-order valence-corrected chi connectivity index (χ3v) is 9.81. The Balaban J connectivity index is 1.38. The molecule has 0 unspecified atom stereocenters. The summed E-state index contributed by atoms with van der Waals surface area (Å²) in [6.07, 6.45) is 2.59. The zero-order valence-corrected chi connectivity index (χ0v) is 26.5. The van der Waals surface area contributed by atoms with Gasteiger partial charge in [-0.3, -0.25) is 14.5 Å². The third-order valence-electron chi connectivity index (χ3n) is 7.43. The van der Waals surface area contributed by atoms with E-state index in [0.29, 0.717) is 45.0 Å². The van der Waals surface area contributed by atoms with Gasteiger partial charge < -0.3 is 14.6 Å². The van der Waals surface area contributed by atoms with Crippen molar-refractivity contribution in [2.24, 2.45) is 0 Å². The average molecular weight is 648 g/mol. The summed E-state index contributed by atoms with van der Waals surface area (Å²) in [5.74, 6) is 0.170. The Bertz CT molecular complexity index is 1740. The van der Waals surface area contributed by atoms with Crippen molar-refractivity contribution in [2.75, 3.05) is 11.5 Å². The molecule has 1 N–H and O–H groups in total. The van der Waals surface area contributed by atoms with Crippen molar-refractivity contribution >= 4 is 57.3 Å². The van der Waals surface area contributed by atoms with Gasteiger partial charge in [-0.15, -0.1) is 10.2 Å². The number of carbonyl (C=O) groups excluding carboxylic acids is 2. The zero-order chi connectivity index (χ0) is 30.8. The van der Waals surface area contributed by atoms with E-state index in [1.807, 2.05) is 61.5 Å². The fourth-order valence-corrected chi connectivity index (χ4v) is 7.21. The number of thioether (sulfide) groups is 1. The van der Waals surface area contributed by atoms with Gasteiger partial charge in [-0.05, 0) is 72.5 Å². The van der Waals surface area contributed by atoms with Crippen molar-refractivity contribution in [1.82, 2.24) is 10.2 Å². The number of Topliss-reactive ketones (excluding diaryl/α,β-unsaturated/α-hetero) is 1. The number of aromatic nitrogens is 2. The van der Waals surface area contributed by atoms with Gasteiger partial charge in [0.15, 0.2) is 4.34 Å². The van der Waals surface area contributed by atoms with Gasteiger partial charge in [-0.2, -0.15) is 0 Å². The second-order valence-electron chi connectivity index (χ2n) is 10.7. The molecule has 44 heavy (non-hydrogen) atoms. The SMILES string of the molecule is CCCCOc1cccc([C@@H]2C(=C(O)c3ccc4c(c3)C[C@@H](C)O4)C(=O)C(=O)N2c2nnc(SCc3ccc(Cl)cc3)s2)c1. The lowest BCUT2D eigenvalue weighted by Crippen LogP contribution is -2.29. The second kappa shape index (κ2) is 13.0. The van der Waals surface area contributed by atoms with Crippen LogP contribution < -0.4 is 14.4 Å². The average Bonchev–Trinajstić information content (AvgIpc) is 3.71. The van der Waals surface area contributed by atoms with Crippen LogP contribution in [0.2, 0.25) is 5.02 Å². The first-order valence-corrected chi connectivity index (χ1v) is 16.5. The molecule has 0 spiro atoms. The number of fused-ring (bicyclic) bond motifs is 1. The van der Waals surface area contributed by atoms with E-state index in [-0.39, 0.29) is 22.6 Å². The third kappa shape index (κ3) is 6.20. The van der Waals surface area contributed by atoms with Gasteiger partial charge in [-0.1, -0.05) is 72.3 Å². The minimum atomic E-state index is -0.935. The molecule has 3 heterocycles. The largest absolute Gasteiger partial charge is 0.507 e. The number of ketones is 1. The van der Waals surface area contributed by atoms with Crippen molar-refractivity contribution in [1.29, 1.82) is 0 Å². The van der Waals surface area contributed by atoms with E-state index in [2.05, 4.69) is 17.1 Å². The molecule has 6 rings (SSSR count). The molecule has 2 atom stereocenters. The zero-order valence-electron chi connectivity index (χ0n) is 24.2. The summed E-state index contributed by atoms with van der Waals surface area (Å²) < 4.78 is 12.4. The predicted octanol–water partition coefficient (Wildman–Crippen LogP) is 7.61. The molecule has 8 nitrogen and oxygen atoms in total. The number of carbonyl (C=O) groups is 2. The number of hydrogen-bond donors (Lipinski definition) is 1. The van der Waals surface area contributed by atoms with Gasteiger partial charge in [0.05, 0.1) is 18.2 Å². The fourth-order valence-electron chi connectivity index (χ4n) is 5.26. The smallest absolute Gasteiger partial charge is 0.301 e. The summed E-state index contributed by atoms with van der Waals surface area (Å²) in [5.41, 5.74) is 3.04. The number of ether oxygens (including phenoxy) is 2. The van der Waals surface area contributed by atoms with Crippen LogP contribution in [0.15, 0.2) is 76.6 Å². The highest BCUT2D eigenvalue weighted by molar-refractivity contribution is 8.00. The molecule has 1 saturated heterocycles. The van der Waals surface area contributed by atoms with Crippen LogP contribution in [0.5, 0.6) is 11.5 Å². The summed E-state index contributed by atoms with van der Waals surface area (Å²) in [5, 5.41) is 21.2. The number of anilines is 1. The highest BCUT2D eigenvalue weighted by atomic mass is 35.5. The maximum atomic E-state index is 13.7. The maximum Gasteiger partial charge on any atom is 0.301 e. The van der Waals surface area contributed by atoms with Gasteiger partial charge in [0.2, 0.25) is 5.13 Å². The van der Waals surface area contributed by atoms with Crippen LogP contribution in [0, 0.1) is 0 Å². The van der Waals surface area contributed by atoms with E-state index < -0.39 is 17.7 Å². The molecule has 0 bridgehead atoms. The van der Waals surface area contributed by atoms with Gasteiger partial charge in [0.1, 0.15) is 23.4 Å². The number of unbranched alkanes of at least 4 members (excludes halogenated alkanes) is 1. The summed E-state index contributed by atoms with van der Waals surface area (Å²) in [4.78, 5) is 28.7. The molecule has 1 amide bonds. The molecule has 11 heteroatoms. The van der Waals surface area contributed by atoms with Crippen molar-refractivity contribution in [3.05, 3.63) is 99.6 Å². The number of aliphatic hydroxyl groups is 1. The fraction of sp³-hybridized carbons (Fsp3) is 0.273. The molecule has 1 fully saturated rings. The number of benzene rings is 3. The normalized spacial score (nSPS) is 18.8. The molecule has 3 aromatic carbocycles. The van der Waals surface area contributed by atoms with Crippen LogP contribution in [0.1, 0.15) is 55.0 Å². The van der Waals surface area contributed by atoms with Crippen molar-refractivity contribution < 1.29 is 24.2 Å². The Morgan fingerprint density at radius 1 is 1.14 bits per heavy atom. The summed E-state index contributed by atoms with van der Waals surface area (Å²) in [6, 6.07) is 19.2. The topological polar surface area (TPSA) is 102 Å². The lowest BCUT2D eigenvalue weighted by molar-refractivity contribution is -0.132. The highest BCUT2D eigenvalue weighted by Gasteiger charge is 2.48. The Morgan fingerprint density at radius 2 is 1.95 bits per heavy atom. The minimum Gasteiger partial charge on any atom is -0.507 e. The van der Waals surface area contributed by atoms with E-state index in [4.69, 9.17) is 21.1 Å². The molecule has 226 valence electrons. The van der Waals surface area contributed by atoms with Crippen LogP contribution in [0.25, 0.3) is 5.76 Å². The van der Waals surface area contributed by atoms with Crippen LogP contribution in [0.3, 0.4) is 0 Å². The Morgan fingerprint density at radius 3 is 2.75 bits per heavy atom. The molecule has 2 aliphatic rings. The molecule has 0 aliphatic carbocycles. The van der Waals surface area contributed by atoms with Crippen LogP contribution in [0.4, 0.5) is 5.13 Å². The number of nitrogens with zero attached hydrogens (tertiary/aromatic N) is 3. The first-order chi connectivity index (χ1) is 21.3. The minimum absolute atomic E-state index is 0.0156. The highest BCUT2D eigenvalue weighted by Crippen LogP contribution is 2.45. The first-order valence-electron chi connectivity index (χ1n) is 14.4. The standard InChI is InChI=1S/C33H30ClN3O5S2/c1-3-4-14-41-25-7-5-6-21(17-25)28-27(29(38)22-10-13-26-23(16-22)15-19(2)42-26)30(39)31(40)37(28)32-35-36-33(44-32)43-18-20-8-11-24(34)12-9-20/h5-13,16-17,19,28,38H,3-4,14-15,18H2,1-2H3/t19-,28-/m1/s1. The van der Waals surface area contributed by atoms with Gasteiger partial charge in [-0.25, -0.2) is 0 Å². The van der Waals surface area contributed by atoms with Crippen LogP contribution in [-0.4, -0.2) is 39.7 Å². The lowest BCUT2D eigenvalue weighted by Gasteiger charge is -2.23. The van der Waals surface area contributed by atoms with Gasteiger partial charge in [0, 0.05) is 22.8 Å². The quantitative estimate of drug-likeness (QED) is 0.0469. The molecule has 2 aliphatic heterocycles. The summed E-state index contributed by atoms with van der Waals surface area (Å²) in [7, 11) is 0. The van der Waals surface area contributed by atoms with Crippen LogP contribution >= 0.6 is 34.7 Å². The van der Waals surface area contributed by atoms with E-state index in [1.54, 1.807) is 12.1 Å². The summed E-state index contributed by atoms with van der Waals surface area (Å²) in [6.45, 7) is 4.61. The van der Waals surface area contributed by atoms with E-state index >= 15 is 0 Å². The van der Waals surface area contributed by atoms with Gasteiger partial charge >= 0.3 is 5.91 Å². The Kier molecular flexibility index (Phi) is 8.93. The Hall–Kier alpha value is -3.86. The van der Waals surface area contributed by atoms with Crippen LogP contribution in [-0.2, 0) is 21.8 Å². The predicted molar refractivity (Wildman–Crippen MR) is 173 cm³/mol. The second-order valence-corrected chi connectivity index (χ2v) is 13.3. The van der Waals surface area contributed by atoms with E-state index in [1.165, 1.54) is 28.0 Å². The lowest BCUT2D eigenvalue weighted by atomic mass is 9.94. The van der Waals surface area contributed by atoms with E-state index in [0.717, 1.165) is 29.7 Å². The first kappa shape index (κ1) is 30.2. The van der Waals surface area contributed by atoms with Crippen molar-refractivity contribution in [3.8, 4) is 11.5 Å². The number of rotatable bonds is 10. The number of aliphatic hydroxyl groups excluding tert-OH is 1. The molecule has 1 aromatic heterocycles. The van der Waals surface area contributed by atoms with Gasteiger partial charge in [0.25, 0.3) is 5.78 Å². The van der Waals surface area contributed by atoms with E-state index in [9.17, 15) is 14.7 Å². The molecule has 0 radical (unpaired) electrons. The Labute approximate surface area is 268 Å². The molecule has 0 saturated carbocycles. The molecular formula is C33H30ClN3O5S2. The number of amides is 1. The number of hydrogen-bond acceptors (Lipinski definition) is 9. The monoisotopic (exact) mass is 647 g/mol. The molecule has 4 aromatic rings. The number of halogens is 1. The maximum absolute atomic E-state index is 13.7.